The zero-order valence-electron chi connectivity index (χ0n) is 42.0. The number of nitrogens with zero attached hydrogens (tertiary/aromatic N) is 4. The Morgan fingerprint density at radius 3 is 1.53 bits per heavy atom. The van der Waals surface area contributed by atoms with E-state index in [0.29, 0.717) is 0 Å². The van der Waals surface area contributed by atoms with Crippen LogP contribution in [0.1, 0.15) is 228 Å². The molecule has 2 heterocycles. The molecular weight excluding hydrogens is 826 g/mol. The van der Waals surface area contributed by atoms with E-state index in [1.54, 1.807) is 7.11 Å². The van der Waals surface area contributed by atoms with E-state index in [4.69, 9.17) is 29.9 Å². The average Bonchev–Trinajstić information content (AvgIpc) is 3.61. The summed E-state index contributed by atoms with van der Waals surface area (Å²) in [7, 11) is -0.0629. The van der Waals surface area contributed by atoms with Crippen LogP contribution < -0.4 is 11.2 Å². The molecule has 0 aliphatic carbocycles. The third-order valence-electron chi connectivity index (χ3n) is 12.5. The number of unbranched alkanes of at least 4 members (excludes halogenated alkanes) is 26. The molecule has 372 valence electrons. The van der Waals surface area contributed by atoms with Crippen LogP contribution >= 0.6 is 8.53 Å². The number of hydrogen-bond acceptors (Lipinski definition) is 9. The minimum Gasteiger partial charge on any atom is -0.374 e. The summed E-state index contributed by atoms with van der Waals surface area (Å²) in [6.45, 7) is 22.6. The van der Waals surface area contributed by atoms with E-state index in [-0.39, 0.29) is 31.8 Å². The first kappa shape index (κ1) is 58.4. The second kappa shape index (κ2) is 38.3. The first-order valence-corrected chi connectivity index (χ1v) is 27.4. The Balaban J connectivity index is 2.07. The molecule has 5 atom stereocenters. The van der Waals surface area contributed by atoms with Gasteiger partial charge in [0.15, 0.2) is 6.23 Å². The molecule has 0 spiro atoms. The highest BCUT2D eigenvalue weighted by Gasteiger charge is 2.50. The summed E-state index contributed by atoms with van der Waals surface area (Å²) in [6, 6.07) is 1.51. The summed E-state index contributed by atoms with van der Waals surface area (Å²) < 4.78 is 29.5. The Morgan fingerprint density at radius 1 is 0.703 bits per heavy atom. The number of hydroxylamine groups is 2. The Morgan fingerprint density at radius 2 is 1.14 bits per heavy atom. The van der Waals surface area contributed by atoms with Gasteiger partial charge in [-0.2, -0.15) is 5.06 Å². The van der Waals surface area contributed by atoms with Crippen molar-refractivity contribution in [3.63, 3.8) is 0 Å². The Kier molecular flexibility index (Phi) is 35.0. The van der Waals surface area contributed by atoms with Crippen LogP contribution in [0.25, 0.3) is 4.85 Å². The van der Waals surface area contributed by atoms with E-state index in [9.17, 15) is 9.59 Å². The number of nitrogens with one attached hydrogen (secondary N) is 1. The zero-order chi connectivity index (χ0) is 46.6. The summed E-state index contributed by atoms with van der Waals surface area (Å²) in [4.78, 5) is 37.7. The molecule has 64 heavy (non-hydrogen) atoms. The molecule has 0 saturated carbocycles. The Bertz CT molecular complexity index is 1370. The number of H-pyrrole nitrogens is 1. The third kappa shape index (κ3) is 25.5. The minimum absolute atomic E-state index is 0.0976. The first-order valence-electron chi connectivity index (χ1n) is 26.3. The molecule has 1 aromatic rings. The molecule has 2 unspecified atom stereocenters. The zero-order valence-corrected chi connectivity index (χ0v) is 42.9. The van der Waals surface area contributed by atoms with Crippen molar-refractivity contribution in [3.05, 3.63) is 44.5 Å². The van der Waals surface area contributed by atoms with Crippen molar-refractivity contribution in [1.29, 1.82) is 0 Å². The number of ether oxygens (including phenoxy) is 2. The van der Waals surface area contributed by atoms with Gasteiger partial charge in [0, 0.05) is 44.5 Å². The van der Waals surface area contributed by atoms with E-state index in [0.717, 1.165) is 25.9 Å². The van der Waals surface area contributed by atoms with E-state index in [2.05, 4.69) is 61.1 Å². The summed E-state index contributed by atoms with van der Waals surface area (Å²) in [5, 5.41) is 2.13. The van der Waals surface area contributed by atoms with Crippen LogP contribution in [0.5, 0.6) is 0 Å². The predicted molar refractivity (Wildman–Crippen MR) is 266 cm³/mol. The molecule has 1 N–H and O–H groups in total. The monoisotopic (exact) mass is 922 g/mol. The standard InChI is InChI=1S/C51H96N5O7P/c1-9-11-13-15-17-19-21-23-25-27-29-31-33-35-39-54(40-36-34-32-30-28-26-24-22-20-18-16-14-12-10-2)60-43-46-48(63-64(61-42-38-52-7)56(44(3)4)45(5)6)49(59-8)50(62-46)55-41-37-47(57)53-51(55)58/h37,41,44-46,48-50H,9-36,38-40,42-43H2,1-6,8H3,(H,53,57,58)/t46-,48?,49+,50-,64?/m1/s1. The van der Waals surface area contributed by atoms with Crippen molar-refractivity contribution in [3.8, 4) is 0 Å². The van der Waals surface area contributed by atoms with E-state index >= 15 is 0 Å². The first-order chi connectivity index (χ1) is 31.2. The second-order valence-electron chi connectivity index (χ2n) is 18.8. The maximum absolute atomic E-state index is 13.1. The van der Waals surface area contributed by atoms with Gasteiger partial charge in [0.2, 0.25) is 6.54 Å². The molecule has 0 radical (unpaired) electrons. The van der Waals surface area contributed by atoms with Crippen molar-refractivity contribution >= 4 is 8.53 Å². The van der Waals surface area contributed by atoms with Crippen LogP contribution in [0, 0.1) is 6.57 Å². The molecule has 1 saturated heterocycles. The lowest BCUT2D eigenvalue weighted by Crippen LogP contribution is -2.42. The van der Waals surface area contributed by atoms with E-state index < -0.39 is 44.3 Å². The minimum atomic E-state index is -1.65. The van der Waals surface area contributed by atoms with Gasteiger partial charge in [0.05, 0.1) is 6.61 Å². The van der Waals surface area contributed by atoms with Crippen LogP contribution in [-0.2, 0) is 23.4 Å². The van der Waals surface area contributed by atoms with Crippen molar-refractivity contribution in [1.82, 2.24) is 19.3 Å². The highest BCUT2D eigenvalue weighted by atomic mass is 31.2. The molecule has 1 aromatic heterocycles. The van der Waals surface area contributed by atoms with E-state index in [1.165, 1.54) is 184 Å². The highest BCUT2D eigenvalue weighted by Crippen LogP contribution is 2.50. The topological polar surface area (TPSA) is 112 Å². The molecule has 0 bridgehead atoms. The number of aromatic amines is 1. The number of hydrogen-bond donors (Lipinski definition) is 1. The highest BCUT2D eigenvalue weighted by molar-refractivity contribution is 7.44. The van der Waals surface area contributed by atoms with Crippen LogP contribution in [0.3, 0.4) is 0 Å². The lowest BCUT2D eigenvalue weighted by Gasteiger charge is -2.38. The summed E-state index contributed by atoms with van der Waals surface area (Å²) in [5.41, 5.74) is -1.07. The van der Waals surface area contributed by atoms with Crippen LogP contribution in [-0.4, -0.2) is 89.6 Å². The average molecular weight is 922 g/mol. The lowest BCUT2D eigenvalue weighted by molar-refractivity contribution is -0.193. The van der Waals surface area contributed by atoms with Gasteiger partial charge in [-0.25, -0.2) is 16.0 Å². The summed E-state index contributed by atoms with van der Waals surface area (Å²) in [6.07, 6.45) is 35.6. The molecule has 0 amide bonds. The van der Waals surface area contributed by atoms with Gasteiger partial charge in [-0.05, 0) is 40.5 Å². The normalized spacial score (nSPS) is 18.3. The van der Waals surface area contributed by atoms with Gasteiger partial charge < -0.3 is 23.4 Å². The number of methoxy groups -OCH3 is 1. The molecule has 1 aliphatic rings. The molecular formula is C51H96N5O7P. The van der Waals surface area contributed by atoms with Gasteiger partial charge in [0.25, 0.3) is 14.1 Å². The van der Waals surface area contributed by atoms with Crippen molar-refractivity contribution in [2.24, 2.45) is 0 Å². The van der Waals surface area contributed by atoms with Crippen molar-refractivity contribution in [2.75, 3.05) is 40.0 Å². The summed E-state index contributed by atoms with van der Waals surface area (Å²) >= 11 is 0. The van der Waals surface area contributed by atoms with Crippen molar-refractivity contribution in [2.45, 2.75) is 258 Å². The van der Waals surface area contributed by atoms with Gasteiger partial charge >= 0.3 is 5.69 Å². The Hall–Kier alpha value is -1.68. The number of aromatic nitrogens is 2. The van der Waals surface area contributed by atoms with Crippen LogP contribution in [0.2, 0.25) is 0 Å². The van der Waals surface area contributed by atoms with Gasteiger partial charge in [-0.1, -0.05) is 181 Å². The maximum Gasteiger partial charge on any atom is 0.330 e. The third-order valence-corrected chi connectivity index (χ3v) is 14.6. The maximum atomic E-state index is 13.1. The predicted octanol–water partition coefficient (Wildman–Crippen LogP) is 13.3. The fraction of sp³-hybridized carbons (Fsp3) is 0.902. The van der Waals surface area contributed by atoms with E-state index in [1.807, 2.05) is 0 Å². The molecule has 13 heteroatoms. The van der Waals surface area contributed by atoms with Gasteiger partial charge in [-0.15, -0.1) is 0 Å². The SMILES string of the molecule is [C-]#[N+]CCOP(OC1[C@@H](CON(CCCCCCCCCCCCCCCC)CCCCCCCCCCCCCCCC)O[C@@H](n2ccc(=O)[nH]c2=O)[C@H]1OC)N(C(C)C)C(C)C. The van der Waals surface area contributed by atoms with Crippen LogP contribution in [0.4, 0.5) is 0 Å². The lowest BCUT2D eigenvalue weighted by atomic mass is 10.0. The molecule has 12 nitrogen and oxygen atoms in total. The largest absolute Gasteiger partial charge is 0.374 e. The molecule has 1 aliphatic heterocycles. The molecule has 0 aromatic carbocycles. The molecule has 2 rings (SSSR count). The van der Waals surface area contributed by atoms with Gasteiger partial charge in [-0.3, -0.25) is 19.2 Å². The molecule has 1 fully saturated rings. The second-order valence-corrected chi connectivity index (χ2v) is 20.2. The number of rotatable bonds is 43. The fourth-order valence-electron chi connectivity index (χ4n) is 8.85. The quantitative estimate of drug-likeness (QED) is 0.0296. The van der Waals surface area contributed by atoms with Crippen LogP contribution in [0.15, 0.2) is 21.9 Å². The summed E-state index contributed by atoms with van der Waals surface area (Å²) in [5.74, 6) is 0. The smallest absolute Gasteiger partial charge is 0.330 e. The van der Waals surface area contributed by atoms with Crippen molar-refractivity contribution < 1.29 is 23.4 Å². The Labute approximate surface area is 392 Å². The fourth-order valence-corrected chi connectivity index (χ4v) is 10.6. The van der Waals surface area contributed by atoms with Gasteiger partial charge in [0.1, 0.15) is 24.9 Å².